The quantitative estimate of drug-likeness (QED) is 0.0261. The second kappa shape index (κ2) is 61.7. The van der Waals surface area contributed by atoms with Gasteiger partial charge in [-0.25, -0.2) is 0 Å². The van der Waals surface area contributed by atoms with Gasteiger partial charge in [0.1, 0.15) is 13.2 Å². The largest absolute Gasteiger partial charge is 0.462 e. The van der Waals surface area contributed by atoms with E-state index in [1.165, 1.54) is 186 Å². The lowest BCUT2D eigenvalue weighted by Crippen LogP contribution is -2.30. The Bertz CT molecular complexity index is 1310. The van der Waals surface area contributed by atoms with Crippen molar-refractivity contribution in [3.63, 3.8) is 0 Å². The van der Waals surface area contributed by atoms with Crippen LogP contribution in [0.4, 0.5) is 0 Å². The molecule has 424 valence electrons. The van der Waals surface area contributed by atoms with Gasteiger partial charge in [0, 0.05) is 19.3 Å². The zero-order chi connectivity index (χ0) is 52.9. The van der Waals surface area contributed by atoms with E-state index in [0.29, 0.717) is 19.3 Å². The Hall–Kier alpha value is -2.89. The fourth-order valence-electron chi connectivity index (χ4n) is 9.25. The maximum atomic E-state index is 12.8. The van der Waals surface area contributed by atoms with E-state index in [9.17, 15) is 14.4 Å². The normalized spacial score (nSPS) is 12.4. The van der Waals surface area contributed by atoms with Crippen LogP contribution < -0.4 is 0 Å². The molecular weight excluding hydrogens is 901 g/mol. The van der Waals surface area contributed by atoms with Gasteiger partial charge in [0.2, 0.25) is 0 Å². The van der Waals surface area contributed by atoms with E-state index in [1.54, 1.807) is 0 Å². The highest BCUT2D eigenvalue weighted by Crippen LogP contribution is 2.17. The third kappa shape index (κ3) is 59.9. The standard InChI is InChI=1S/C67H120O6/c1-4-7-10-13-15-17-19-21-23-25-26-27-28-29-30-31-32-33-34-35-36-37-38-39-40-42-43-45-47-49-51-54-57-60-66(69)72-63-64(62-71-65(68)59-56-53-12-9-6-3)73-67(70)61-58-55-52-50-48-46-44-41-24-22-20-18-16-14-11-8-5-2/h8,11,16,18,22,24-26,44,46,64H,4-7,9-10,12-15,17,19-21,23,27-43,45,47-63H2,1-3H3/b11-8-,18-16-,24-22-,26-25-,46-44-. The zero-order valence-corrected chi connectivity index (χ0v) is 48.7. The molecule has 73 heavy (non-hydrogen) atoms. The monoisotopic (exact) mass is 1020 g/mol. The molecule has 1 atom stereocenters. The summed E-state index contributed by atoms with van der Waals surface area (Å²) in [7, 11) is 0. The summed E-state index contributed by atoms with van der Waals surface area (Å²) in [5, 5.41) is 0. The van der Waals surface area contributed by atoms with Crippen LogP contribution in [-0.2, 0) is 28.6 Å². The molecule has 1 unspecified atom stereocenters. The Balaban J connectivity index is 3.92. The number of carbonyl (C=O) groups is 3. The second-order valence-corrected chi connectivity index (χ2v) is 21.3. The molecule has 0 bridgehead atoms. The van der Waals surface area contributed by atoms with Crippen molar-refractivity contribution in [2.75, 3.05) is 13.2 Å². The van der Waals surface area contributed by atoms with Crippen LogP contribution in [0.3, 0.4) is 0 Å². The molecule has 0 rings (SSSR count). The lowest BCUT2D eigenvalue weighted by Gasteiger charge is -2.18. The van der Waals surface area contributed by atoms with Crippen molar-refractivity contribution in [1.29, 1.82) is 0 Å². The van der Waals surface area contributed by atoms with E-state index in [2.05, 4.69) is 81.5 Å². The molecule has 0 amide bonds. The Labute approximate surface area is 453 Å². The second-order valence-electron chi connectivity index (χ2n) is 21.3. The minimum atomic E-state index is -0.782. The zero-order valence-electron chi connectivity index (χ0n) is 48.7. The number of unbranched alkanes of at least 4 members (excludes halogenated alkanes) is 37. The van der Waals surface area contributed by atoms with Crippen LogP contribution in [0.25, 0.3) is 0 Å². The highest BCUT2D eigenvalue weighted by atomic mass is 16.6. The molecule has 0 aliphatic heterocycles. The molecule has 0 N–H and O–H groups in total. The van der Waals surface area contributed by atoms with Crippen LogP contribution >= 0.6 is 0 Å². The van der Waals surface area contributed by atoms with Gasteiger partial charge >= 0.3 is 17.9 Å². The topological polar surface area (TPSA) is 78.9 Å². The molecule has 0 radical (unpaired) electrons. The first kappa shape index (κ1) is 70.1. The maximum absolute atomic E-state index is 12.8. The predicted molar refractivity (Wildman–Crippen MR) is 316 cm³/mol. The summed E-state index contributed by atoms with van der Waals surface area (Å²) >= 11 is 0. The van der Waals surface area contributed by atoms with Crippen molar-refractivity contribution >= 4 is 17.9 Å². The molecule has 6 nitrogen and oxygen atoms in total. The number of carbonyl (C=O) groups excluding carboxylic acids is 3. The first-order valence-electron chi connectivity index (χ1n) is 31.8. The summed E-state index contributed by atoms with van der Waals surface area (Å²) in [4.78, 5) is 37.8. The van der Waals surface area contributed by atoms with Crippen molar-refractivity contribution in [3.05, 3.63) is 60.8 Å². The van der Waals surface area contributed by atoms with Gasteiger partial charge in [-0.3, -0.25) is 14.4 Å². The molecule has 0 saturated heterocycles. The molecule has 0 aromatic rings. The Kier molecular flexibility index (Phi) is 59.2. The van der Waals surface area contributed by atoms with E-state index < -0.39 is 6.10 Å². The highest BCUT2D eigenvalue weighted by molar-refractivity contribution is 5.71. The lowest BCUT2D eigenvalue weighted by molar-refractivity contribution is -0.167. The van der Waals surface area contributed by atoms with Gasteiger partial charge in [-0.1, -0.05) is 287 Å². The van der Waals surface area contributed by atoms with Crippen molar-refractivity contribution in [3.8, 4) is 0 Å². The van der Waals surface area contributed by atoms with Gasteiger partial charge in [-0.2, -0.15) is 0 Å². The fourth-order valence-corrected chi connectivity index (χ4v) is 9.25. The number of allylic oxidation sites excluding steroid dienone is 10. The van der Waals surface area contributed by atoms with Crippen LogP contribution in [0.2, 0.25) is 0 Å². The van der Waals surface area contributed by atoms with Gasteiger partial charge in [0.15, 0.2) is 6.10 Å². The third-order valence-electron chi connectivity index (χ3n) is 14.0. The SMILES string of the molecule is CC/C=C\C/C=C\C/C=C\C/C=C\CCCCCCC(=O)OC(COC(=O)CCCCCCC)COC(=O)CCCCCCCCCCCCCCCCCCCCCCC/C=C\CCCCCCCCCC. The van der Waals surface area contributed by atoms with Gasteiger partial charge in [-0.05, 0) is 83.5 Å². The van der Waals surface area contributed by atoms with E-state index >= 15 is 0 Å². The summed E-state index contributed by atoms with van der Waals surface area (Å²) in [6, 6.07) is 0. The van der Waals surface area contributed by atoms with Crippen molar-refractivity contribution in [2.24, 2.45) is 0 Å². The van der Waals surface area contributed by atoms with Crippen molar-refractivity contribution < 1.29 is 28.6 Å². The summed E-state index contributed by atoms with van der Waals surface area (Å²) in [5.74, 6) is -0.908. The first-order chi connectivity index (χ1) is 36.0. The summed E-state index contributed by atoms with van der Waals surface area (Å²) < 4.78 is 16.7. The number of esters is 3. The first-order valence-corrected chi connectivity index (χ1v) is 31.8. The number of hydrogen-bond acceptors (Lipinski definition) is 6. The number of hydrogen-bond donors (Lipinski definition) is 0. The molecule has 0 heterocycles. The molecule has 0 saturated carbocycles. The Morgan fingerprint density at radius 1 is 0.288 bits per heavy atom. The fraction of sp³-hybridized carbons (Fsp3) is 0.806. The van der Waals surface area contributed by atoms with Crippen molar-refractivity contribution in [1.82, 2.24) is 0 Å². The average Bonchev–Trinajstić information content (AvgIpc) is 3.39. The Morgan fingerprint density at radius 2 is 0.534 bits per heavy atom. The molecule has 0 spiro atoms. The molecule has 0 fully saturated rings. The van der Waals surface area contributed by atoms with Gasteiger partial charge < -0.3 is 14.2 Å². The molecule has 6 heteroatoms. The summed E-state index contributed by atoms with van der Waals surface area (Å²) in [6.07, 6.45) is 78.7. The van der Waals surface area contributed by atoms with Crippen molar-refractivity contribution in [2.45, 2.75) is 335 Å². The predicted octanol–water partition coefficient (Wildman–Crippen LogP) is 21.6. The van der Waals surface area contributed by atoms with Crippen LogP contribution in [0.1, 0.15) is 329 Å². The smallest absolute Gasteiger partial charge is 0.306 e. The highest BCUT2D eigenvalue weighted by Gasteiger charge is 2.19. The Morgan fingerprint density at radius 3 is 0.849 bits per heavy atom. The van der Waals surface area contributed by atoms with Crippen LogP contribution in [-0.4, -0.2) is 37.2 Å². The van der Waals surface area contributed by atoms with Crippen LogP contribution in [0, 0.1) is 0 Å². The maximum Gasteiger partial charge on any atom is 0.306 e. The number of ether oxygens (including phenoxy) is 3. The van der Waals surface area contributed by atoms with E-state index in [0.717, 1.165) is 103 Å². The summed E-state index contributed by atoms with van der Waals surface area (Å²) in [5.41, 5.74) is 0. The van der Waals surface area contributed by atoms with E-state index in [1.807, 2.05) is 0 Å². The minimum Gasteiger partial charge on any atom is -0.462 e. The summed E-state index contributed by atoms with van der Waals surface area (Å²) in [6.45, 7) is 6.45. The van der Waals surface area contributed by atoms with Gasteiger partial charge in [-0.15, -0.1) is 0 Å². The average molecular weight is 1020 g/mol. The van der Waals surface area contributed by atoms with E-state index in [-0.39, 0.29) is 31.1 Å². The molecule has 0 aliphatic rings. The number of rotatable bonds is 58. The molecule has 0 aromatic heterocycles. The van der Waals surface area contributed by atoms with Gasteiger partial charge in [0.25, 0.3) is 0 Å². The minimum absolute atomic E-state index is 0.0818. The van der Waals surface area contributed by atoms with Crippen LogP contribution in [0.15, 0.2) is 60.8 Å². The molecular formula is C67H120O6. The van der Waals surface area contributed by atoms with Gasteiger partial charge in [0.05, 0.1) is 0 Å². The lowest BCUT2D eigenvalue weighted by atomic mass is 10.0. The molecule has 0 aromatic carbocycles. The van der Waals surface area contributed by atoms with Crippen LogP contribution in [0.5, 0.6) is 0 Å². The third-order valence-corrected chi connectivity index (χ3v) is 14.0. The van der Waals surface area contributed by atoms with E-state index in [4.69, 9.17) is 14.2 Å². The molecule has 0 aliphatic carbocycles.